The van der Waals surface area contributed by atoms with E-state index in [-0.39, 0.29) is 0 Å². The van der Waals surface area contributed by atoms with E-state index in [1.807, 2.05) is 13.1 Å². The summed E-state index contributed by atoms with van der Waals surface area (Å²) in [5.41, 5.74) is 0. The average molecular weight is 223 g/mol. The van der Waals surface area contributed by atoms with Gasteiger partial charge in [-0.3, -0.25) is 4.90 Å². The van der Waals surface area contributed by atoms with Gasteiger partial charge >= 0.3 is 0 Å². The standard InChI is InChI=1S/C12H21N3O/c1-10(2)15-8-4-5-11(9-15)16-12-6-7-13-14(12)3/h6-7,10-11H,4-5,8-9H2,1-3H3. The van der Waals surface area contributed by atoms with Crippen molar-refractivity contribution in [3.63, 3.8) is 0 Å². The van der Waals surface area contributed by atoms with Crippen molar-refractivity contribution in [2.75, 3.05) is 13.1 Å². The van der Waals surface area contributed by atoms with Crippen LogP contribution in [-0.4, -0.2) is 39.9 Å². The Balaban J connectivity index is 1.93. The zero-order chi connectivity index (χ0) is 11.5. The zero-order valence-electron chi connectivity index (χ0n) is 10.4. The molecule has 0 radical (unpaired) electrons. The third-order valence-corrected chi connectivity index (χ3v) is 3.20. The largest absolute Gasteiger partial charge is 0.473 e. The van der Waals surface area contributed by atoms with E-state index in [0.29, 0.717) is 12.1 Å². The number of ether oxygens (including phenoxy) is 1. The molecule has 90 valence electrons. The molecule has 0 aliphatic carbocycles. The molecule has 0 spiro atoms. The molecule has 0 aromatic carbocycles. The second-order valence-corrected chi connectivity index (χ2v) is 4.76. The van der Waals surface area contributed by atoms with Crippen molar-refractivity contribution in [2.24, 2.45) is 7.05 Å². The van der Waals surface area contributed by atoms with Crippen molar-refractivity contribution in [3.8, 4) is 5.88 Å². The molecule has 1 atom stereocenters. The Bertz CT molecular complexity index is 335. The lowest BCUT2D eigenvalue weighted by Gasteiger charge is -2.35. The maximum atomic E-state index is 5.97. The molecule has 4 heteroatoms. The fourth-order valence-electron chi connectivity index (χ4n) is 2.18. The SMILES string of the molecule is CC(C)N1CCCC(Oc2ccnn2C)C1. The Morgan fingerprint density at radius 3 is 2.94 bits per heavy atom. The number of nitrogens with zero attached hydrogens (tertiary/aromatic N) is 3. The molecule has 1 aromatic rings. The molecule has 4 nitrogen and oxygen atoms in total. The van der Waals surface area contributed by atoms with Gasteiger partial charge in [0.15, 0.2) is 0 Å². The summed E-state index contributed by atoms with van der Waals surface area (Å²) in [6.45, 7) is 6.71. The Morgan fingerprint density at radius 1 is 1.50 bits per heavy atom. The first kappa shape index (κ1) is 11.5. The minimum Gasteiger partial charge on any atom is -0.473 e. The molecule has 1 fully saturated rings. The van der Waals surface area contributed by atoms with Gasteiger partial charge < -0.3 is 4.74 Å². The number of aryl methyl sites for hydroxylation is 1. The van der Waals surface area contributed by atoms with Gasteiger partial charge in [-0.15, -0.1) is 0 Å². The smallest absolute Gasteiger partial charge is 0.211 e. The predicted molar refractivity (Wildman–Crippen MR) is 63.6 cm³/mol. The van der Waals surface area contributed by atoms with E-state index in [9.17, 15) is 0 Å². The fraction of sp³-hybridized carbons (Fsp3) is 0.750. The minimum absolute atomic E-state index is 0.312. The normalized spacial score (nSPS) is 22.6. The van der Waals surface area contributed by atoms with E-state index in [2.05, 4.69) is 23.8 Å². The number of hydrogen-bond acceptors (Lipinski definition) is 3. The number of piperidine rings is 1. The molecule has 16 heavy (non-hydrogen) atoms. The first-order valence-corrected chi connectivity index (χ1v) is 6.05. The van der Waals surface area contributed by atoms with Crippen molar-refractivity contribution in [2.45, 2.75) is 38.8 Å². The highest BCUT2D eigenvalue weighted by Gasteiger charge is 2.23. The Hall–Kier alpha value is -1.03. The van der Waals surface area contributed by atoms with E-state index in [4.69, 9.17) is 4.74 Å². The summed E-state index contributed by atoms with van der Waals surface area (Å²) in [6.07, 6.45) is 4.46. The van der Waals surface area contributed by atoms with Gasteiger partial charge in [0.05, 0.1) is 6.20 Å². The average Bonchev–Trinajstić information content (AvgIpc) is 2.65. The molecule has 1 aromatic heterocycles. The number of rotatable bonds is 3. The Labute approximate surface area is 97.2 Å². The summed E-state index contributed by atoms with van der Waals surface area (Å²) in [5.74, 6) is 0.871. The summed E-state index contributed by atoms with van der Waals surface area (Å²) < 4.78 is 7.75. The molecule has 0 N–H and O–H groups in total. The van der Waals surface area contributed by atoms with Crippen LogP contribution in [0.4, 0.5) is 0 Å². The molecule has 2 heterocycles. The van der Waals surface area contributed by atoms with Crippen LogP contribution in [0.2, 0.25) is 0 Å². The summed E-state index contributed by atoms with van der Waals surface area (Å²) in [7, 11) is 1.92. The van der Waals surface area contributed by atoms with Crippen LogP contribution in [0.15, 0.2) is 12.3 Å². The monoisotopic (exact) mass is 223 g/mol. The van der Waals surface area contributed by atoms with Crippen LogP contribution in [0, 0.1) is 0 Å². The molecule has 0 amide bonds. The van der Waals surface area contributed by atoms with Gasteiger partial charge in [0, 0.05) is 25.7 Å². The highest BCUT2D eigenvalue weighted by Crippen LogP contribution is 2.18. The van der Waals surface area contributed by atoms with Crippen LogP contribution < -0.4 is 4.74 Å². The third kappa shape index (κ3) is 2.55. The van der Waals surface area contributed by atoms with Gasteiger partial charge in [0.2, 0.25) is 5.88 Å². The molecule has 1 aliphatic rings. The summed E-state index contributed by atoms with van der Waals surface area (Å²) in [6, 6.07) is 2.53. The molecule has 1 aliphatic heterocycles. The molecule has 1 saturated heterocycles. The first-order chi connectivity index (χ1) is 7.66. The van der Waals surface area contributed by atoms with Crippen molar-refractivity contribution < 1.29 is 4.74 Å². The third-order valence-electron chi connectivity index (χ3n) is 3.20. The summed E-state index contributed by atoms with van der Waals surface area (Å²) in [5, 5.41) is 4.11. The lowest BCUT2D eigenvalue weighted by molar-refractivity contribution is 0.0649. The van der Waals surface area contributed by atoms with Crippen molar-refractivity contribution in [1.29, 1.82) is 0 Å². The fourth-order valence-corrected chi connectivity index (χ4v) is 2.18. The van der Waals surface area contributed by atoms with E-state index in [1.54, 1.807) is 10.9 Å². The van der Waals surface area contributed by atoms with Crippen LogP contribution in [0.25, 0.3) is 0 Å². The molecular weight excluding hydrogens is 202 g/mol. The van der Waals surface area contributed by atoms with Gasteiger partial charge in [-0.1, -0.05) is 0 Å². The van der Waals surface area contributed by atoms with Gasteiger partial charge in [-0.2, -0.15) is 5.10 Å². The maximum absolute atomic E-state index is 5.97. The zero-order valence-corrected chi connectivity index (χ0v) is 10.4. The first-order valence-electron chi connectivity index (χ1n) is 6.05. The van der Waals surface area contributed by atoms with Crippen molar-refractivity contribution >= 4 is 0 Å². The molecule has 0 bridgehead atoms. The maximum Gasteiger partial charge on any atom is 0.211 e. The molecule has 0 saturated carbocycles. The van der Waals surface area contributed by atoms with Crippen LogP contribution >= 0.6 is 0 Å². The van der Waals surface area contributed by atoms with Gasteiger partial charge in [-0.25, -0.2) is 4.68 Å². The van der Waals surface area contributed by atoms with Gasteiger partial charge in [0.1, 0.15) is 6.10 Å². The predicted octanol–water partition coefficient (Wildman–Crippen LogP) is 1.67. The van der Waals surface area contributed by atoms with E-state index in [1.165, 1.54) is 13.0 Å². The quantitative estimate of drug-likeness (QED) is 0.781. The van der Waals surface area contributed by atoms with Crippen LogP contribution in [0.5, 0.6) is 5.88 Å². The molecule has 2 rings (SSSR count). The highest BCUT2D eigenvalue weighted by atomic mass is 16.5. The van der Waals surface area contributed by atoms with Gasteiger partial charge in [-0.05, 0) is 33.2 Å². The van der Waals surface area contributed by atoms with Crippen molar-refractivity contribution in [3.05, 3.63) is 12.3 Å². The minimum atomic E-state index is 0.312. The topological polar surface area (TPSA) is 30.3 Å². The van der Waals surface area contributed by atoms with Crippen LogP contribution in [0.3, 0.4) is 0 Å². The Kier molecular flexibility index (Phi) is 3.49. The summed E-state index contributed by atoms with van der Waals surface area (Å²) in [4.78, 5) is 2.48. The molecule has 1 unspecified atom stereocenters. The Morgan fingerprint density at radius 2 is 2.31 bits per heavy atom. The second-order valence-electron chi connectivity index (χ2n) is 4.76. The lowest BCUT2D eigenvalue weighted by atomic mass is 10.1. The van der Waals surface area contributed by atoms with E-state index in [0.717, 1.165) is 18.8 Å². The van der Waals surface area contributed by atoms with E-state index < -0.39 is 0 Å². The van der Waals surface area contributed by atoms with Crippen LogP contribution in [0.1, 0.15) is 26.7 Å². The van der Waals surface area contributed by atoms with E-state index >= 15 is 0 Å². The van der Waals surface area contributed by atoms with Crippen LogP contribution in [-0.2, 0) is 7.05 Å². The lowest BCUT2D eigenvalue weighted by Crippen LogP contribution is -2.44. The van der Waals surface area contributed by atoms with Crippen molar-refractivity contribution in [1.82, 2.24) is 14.7 Å². The number of likely N-dealkylation sites (tertiary alicyclic amines) is 1. The second kappa shape index (κ2) is 4.87. The van der Waals surface area contributed by atoms with Gasteiger partial charge in [0.25, 0.3) is 0 Å². The number of hydrogen-bond donors (Lipinski definition) is 0. The molecular formula is C12H21N3O. The number of aromatic nitrogens is 2. The summed E-state index contributed by atoms with van der Waals surface area (Å²) >= 11 is 0. The highest BCUT2D eigenvalue weighted by molar-refractivity contribution is 5.07.